The maximum atomic E-state index is 13.3. The third-order valence-corrected chi connectivity index (χ3v) is 2.19. The van der Waals surface area contributed by atoms with Gasteiger partial charge in [0.15, 0.2) is 0 Å². The van der Waals surface area contributed by atoms with Gasteiger partial charge in [-0.3, -0.25) is 4.79 Å². The highest BCUT2D eigenvalue weighted by atomic mass is 35.5. The minimum absolute atomic E-state index is 0.0500. The summed E-state index contributed by atoms with van der Waals surface area (Å²) >= 11 is 5.72. The van der Waals surface area contributed by atoms with Crippen molar-refractivity contribution < 1.29 is 13.7 Å². The largest absolute Gasteiger partial charge is 0.363 e. The fraction of sp³-hybridized carbons (Fsp3) is 0. The van der Waals surface area contributed by atoms with E-state index < -0.39 is 11.7 Å². The second-order valence-corrected chi connectivity index (χ2v) is 3.37. The summed E-state index contributed by atoms with van der Waals surface area (Å²) in [6, 6.07) is 4.02. The molecule has 0 radical (unpaired) electrons. The molecule has 0 aliphatic heterocycles. The first-order valence-corrected chi connectivity index (χ1v) is 4.71. The van der Waals surface area contributed by atoms with Crippen molar-refractivity contribution in [2.24, 2.45) is 0 Å². The van der Waals surface area contributed by atoms with Crippen molar-refractivity contribution in [3.63, 3.8) is 0 Å². The van der Waals surface area contributed by atoms with Gasteiger partial charge in [-0.05, 0) is 12.1 Å². The van der Waals surface area contributed by atoms with Gasteiger partial charge in [0.25, 0.3) is 5.91 Å². The highest BCUT2D eigenvalue weighted by molar-refractivity contribution is 6.34. The Morgan fingerprint density at radius 1 is 1.50 bits per heavy atom. The van der Waals surface area contributed by atoms with Gasteiger partial charge in [-0.15, -0.1) is 0 Å². The van der Waals surface area contributed by atoms with E-state index in [0.29, 0.717) is 5.69 Å². The monoisotopic (exact) mass is 240 g/mol. The highest BCUT2D eigenvalue weighted by Gasteiger charge is 2.16. The minimum Gasteiger partial charge on any atom is -0.363 e. The lowest BCUT2D eigenvalue weighted by atomic mass is 10.2. The number of nitrogens with one attached hydrogen (secondary N) is 1. The molecule has 4 nitrogen and oxygen atoms in total. The number of anilines is 1. The molecule has 0 bridgehead atoms. The molecule has 0 saturated carbocycles. The molecule has 0 fully saturated rings. The molecule has 1 aromatic carbocycles. The van der Waals surface area contributed by atoms with Crippen LogP contribution < -0.4 is 5.32 Å². The van der Waals surface area contributed by atoms with Gasteiger partial charge in [0.2, 0.25) is 0 Å². The van der Waals surface area contributed by atoms with Crippen LogP contribution in [0.5, 0.6) is 0 Å². The summed E-state index contributed by atoms with van der Waals surface area (Å²) in [5.74, 6) is -1.33. The van der Waals surface area contributed by atoms with Crippen LogP contribution in [-0.2, 0) is 0 Å². The molecule has 0 atom stereocenters. The first kappa shape index (κ1) is 10.6. The number of rotatable bonds is 2. The van der Waals surface area contributed by atoms with Crippen LogP contribution in [0.25, 0.3) is 0 Å². The van der Waals surface area contributed by atoms with E-state index in [-0.39, 0.29) is 10.6 Å². The molecule has 0 aliphatic rings. The summed E-state index contributed by atoms with van der Waals surface area (Å²) in [6.07, 6.45) is 2.53. The van der Waals surface area contributed by atoms with E-state index in [4.69, 9.17) is 11.6 Å². The number of hydrogen-bond donors (Lipinski definition) is 1. The van der Waals surface area contributed by atoms with Gasteiger partial charge in [-0.25, -0.2) is 4.39 Å². The minimum atomic E-state index is -0.679. The fourth-order valence-corrected chi connectivity index (χ4v) is 1.42. The highest BCUT2D eigenvalue weighted by Crippen LogP contribution is 2.20. The van der Waals surface area contributed by atoms with Gasteiger partial charge < -0.3 is 9.84 Å². The molecule has 0 saturated heterocycles. The number of aromatic nitrogens is 1. The third kappa shape index (κ3) is 2.04. The molecule has 1 heterocycles. The van der Waals surface area contributed by atoms with E-state index in [1.165, 1.54) is 24.6 Å². The summed E-state index contributed by atoms with van der Waals surface area (Å²) in [5.41, 5.74) is 0.134. The van der Waals surface area contributed by atoms with Crippen LogP contribution in [0.1, 0.15) is 10.4 Å². The zero-order chi connectivity index (χ0) is 11.5. The second-order valence-electron chi connectivity index (χ2n) is 2.96. The summed E-state index contributed by atoms with van der Waals surface area (Å²) in [4.78, 5) is 11.6. The Morgan fingerprint density at radius 2 is 2.31 bits per heavy atom. The molecule has 2 aromatic rings. The molecule has 82 valence electrons. The lowest BCUT2D eigenvalue weighted by molar-refractivity contribution is 0.102. The molecule has 2 rings (SSSR count). The van der Waals surface area contributed by atoms with Gasteiger partial charge in [0.05, 0.1) is 16.8 Å². The summed E-state index contributed by atoms with van der Waals surface area (Å²) in [6.45, 7) is 0. The Kier molecular flexibility index (Phi) is 2.87. The van der Waals surface area contributed by atoms with Gasteiger partial charge in [-0.1, -0.05) is 22.8 Å². The molecule has 6 heteroatoms. The quantitative estimate of drug-likeness (QED) is 0.878. The zero-order valence-corrected chi connectivity index (χ0v) is 8.66. The lowest BCUT2D eigenvalue weighted by Crippen LogP contribution is -2.13. The average molecular weight is 241 g/mol. The van der Waals surface area contributed by atoms with E-state index in [2.05, 4.69) is 15.0 Å². The third-order valence-electron chi connectivity index (χ3n) is 1.88. The Balaban J connectivity index is 2.28. The van der Waals surface area contributed by atoms with Crippen molar-refractivity contribution in [3.8, 4) is 0 Å². The van der Waals surface area contributed by atoms with Crippen LogP contribution in [0.2, 0.25) is 5.02 Å². The predicted octanol–water partition coefficient (Wildman–Crippen LogP) is 2.72. The Hall–Kier alpha value is -1.88. The van der Waals surface area contributed by atoms with Crippen molar-refractivity contribution in [2.45, 2.75) is 0 Å². The smallest absolute Gasteiger partial charge is 0.260 e. The standard InChI is InChI=1S/C10H6ClFN2O2/c11-7-2-1-3-8(12)9(7)10(15)14-6-4-13-16-5-6/h1-5H,(H,14,15). The number of nitrogens with zero attached hydrogens (tertiary/aromatic N) is 1. The summed E-state index contributed by atoms with van der Waals surface area (Å²) in [5, 5.41) is 5.85. The molecule has 0 aliphatic carbocycles. The Bertz CT molecular complexity index is 493. The van der Waals surface area contributed by atoms with Crippen molar-refractivity contribution in [1.82, 2.24) is 5.16 Å². The van der Waals surface area contributed by atoms with Crippen LogP contribution >= 0.6 is 11.6 Å². The summed E-state index contributed by atoms with van der Waals surface area (Å²) < 4.78 is 17.9. The Labute approximate surface area is 95.0 Å². The van der Waals surface area contributed by atoms with Crippen LogP contribution in [0.4, 0.5) is 10.1 Å². The lowest BCUT2D eigenvalue weighted by Gasteiger charge is -2.04. The number of halogens is 2. The first-order valence-electron chi connectivity index (χ1n) is 4.33. The molecule has 0 unspecified atom stereocenters. The average Bonchev–Trinajstić information content (AvgIpc) is 2.70. The molecule has 16 heavy (non-hydrogen) atoms. The van der Waals surface area contributed by atoms with E-state index in [1.807, 2.05) is 0 Å². The van der Waals surface area contributed by atoms with Gasteiger partial charge in [-0.2, -0.15) is 0 Å². The van der Waals surface area contributed by atoms with Crippen molar-refractivity contribution in [1.29, 1.82) is 0 Å². The maximum absolute atomic E-state index is 13.3. The van der Waals surface area contributed by atoms with Gasteiger partial charge in [0.1, 0.15) is 17.8 Å². The van der Waals surface area contributed by atoms with Crippen molar-refractivity contribution in [2.75, 3.05) is 5.32 Å². The number of benzene rings is 1. The predicted molar refractivity (Wildman–Crippen MR) is 55.9 cm³/mol. The number of amides is 1. The van der Waals surface area contributed by atoms with Crippen LogP contribution in [0.15, 0.2) is 35.2 Å². The molecule has 1 amide bonds. The molecule has 1 aromatic heterocycles. The van der Waals surface area contributed by atoms with Crippen LogP contribution in [0.3, 0.4) is 0 Å². The van der Waals surface area contributed by atoms with Crippen LogP contribution in [0, 0.1) is 5.82 Å². The van der Waals surface area contributed by atoms with Crippen LogP contribution in [-0.4, -0.2) is 11.1 Å². The molecular formula is C10H6ClFN2O2. The van der Waals surface area contributed by atoms with Crippen molar-refractivity contribution in [3.05, 3.63) is 47.1 Å². The van der Waals surface area contributed by atoms with E-state index in [0.717, 1.165) is 6.07 Å². The van der Waals surface area contributed by atoms with E-state index in [9.17, 15) is 9.18 Å². The van der Waals surface area contributed by atoms with Gasteiger partial charge in [0, 0.05) is 0 Å². The SMILES string of the molecule is O=C(Nc1cnoc1)c1c(F)cccc1Cl. The number of hydrogen-bond acceptors (Lipinski definition) is 3. The number of carbonyl (C=O) groups is 1. The first-order chi connectivity index (χ1) is 7.68. The van der Waals surface area contributed by atoms with Crippen molar-refractivity contribution >= 4 is 23.2 Å². The van der Waals surface area contributed by atoms with E-state index >= 15 is 0 Å². The van der Waals surface area contributed by atoms with E-state index in [1.54, 1.807) is 0 Å². The summed E-state index contributed by atoms with van der Waals surface area (Å²) in [7, 11) is 0. The normalized spacial score (nSPS) is 10.1. The topological polar surface area (TPSA) is 55.1 Å². The Morgan fingerprint density at radius 3 is 2.94 bits per heavy atom. The zero-order valence-electron chi connectivity index (χ0n) is 7.91. The number of carbonyl (C=O) groups excluding carboxylic acids is 1. The second kappa shape index (κ2) is 4.32. The van der Waals surface area contributed by atoms with Gasteiger partial charge >= 0.3 is 0 Å². The molecule has 0 spiro atoms. The fourth-order valence-electron chi connectivity index (χ4n) is 1.17. The molecular weight excluding hydrogens is 235 g/mol. The maximum Gasteiger partial charge on any atom is 0.260 e. The molecule has 1 N–H and O–H groups in total.